The molecule has 1 aromatic heterocycles. The van der Waals surface area contributed by atoms with Gasteiger partial charge in [0, 0.05) is 20.0 Å². The summed E-state index contributed by atoms with van der Waals surface area (Å²) in [5, 5.41) is -0.899. The Morgan fingerprint density at radius 2 is 2.12 bits per heavy atom. The first-order valence-corrected chi connectivity index (χ1v) is 8.08. The summed E-state index contributed by atoms with van der Waals surface area (Å²) in [7, 11) is 0. The molecule has 0 bridgehead atoms. The van der Waals surface area contributed by atoms with Gasteiger partial charge in [0.05, 0.1) is 4.47 Å². The zero-order valence-electron chi connectivity index (χ0n) is 12.8. The van der Waals surface area contributed by atoms with Crippen molar-refractivity contribution in [2.75, 3.05) is 12.3 Å². The number of esters is 2. The number of carbonyl (C=O) groups is 2. The number of alkyl halides is 1. The highest BCUT2D eigenvalue weighted by molar-refractivity contribution is 9.10. The fraction of sp³-hybridized carbons (Fsp3) is 0.538. The zero-order valence-corrected chi connectivity index (χ0v) is 15.1. The average molecular weight is 425 g/mol. The second kappa shape index (κ2) is 7.49. The lowest BCUT2D eigenvalue weighted by atomic mass is 10.1. The first-order valence-electron chi connectivity index (χ1n) is 6.85. The Kier molecular flexibility index (Phi) is 5.83. The lowest BCUT2D eigenvalue weighted by Gasteiger charge is -2.19. The third-order valence-electron chi connectivity index (χ3n) is 3.23. The largest absolute Gasteiger partial charge is 0.463 e. The quantitative estimate of drug-likeness (QED) is 0.550. The molecule has 1 saturated heterocycles. The summed E-state index contributed by atoms with van der Waals surface area (Å²) < 4.78 is 17.2. The van der Waals surface area contributed by atoms with Crippen LogP contribution in [-0.4, -0.2) is 45.7 Å². The van der Waals surface area contributed by atoms with Crippen molar-refractivity contribution >= 4 is 45.3 Å². The zero-order chi connectivity index (χ0) is 18.0. The first kappa shape index (κ1) is 18.7. The van der Waals surface area contributed by atoms with Crippen LogP contribution in [0, 0.1) is 0 Å². The Morgan fingerprint density at radius 1 is 1.46 bits per heavy atom. The van der Waals surface area contributed by atoms with Crippen LogP contribution in [0.5, 0.6) is 0 Å². The van der Waals surface area contributed by atoms with Crippen molar-refractivity contribution in [1.29, 1.82) is 0 Å². The van der Waals surface area contributed by atoms with E-state index in [4.69, 9.17) is 31.5 Å². The third-order valence-corrected chi connectivity index (χ3v) is 4.30. The minimum absolute atomic E-state index is 0.0216. The van der Waals surface area contributed by atoms with Crippen LogP contribution >= 0.6 is 27.5 Å². The number of hydrogen-bond donors (Lipinski definition) is 1. The van der Waals surface area contributed by atoms with Gasteiger partial charge in [-0.15, -0.1) is 11.6 Å². The molecule has 0 spiro atoms. The van der Waals surface area contributed by atoms with Crippen molar-refractivity contribution in [3.63, 3.8) is 0 Å². The van der Waals surface area contributed by atoms with E-state index in [2.05, 4.69) is 20.9 Å². The molecule has 1 fully saturated rings. The smallest absolute Gasteiger partial charge is 0.351 e. The highest BCUT2D eigenvalue weighted by atomic mass is 79.9. The SMILES string of the molecule is CC(=O)OC[C@H]1O[C@@H](n2cc(Br)c(N)nc2=O)[C@@H](Cl)[C@@H]1OC(C)=O. The summed E-state index contributed by atoms with van der Waals surface area (Å²) in [6.07, 6.45) is -1.33. The molecule has 1 aromatic rings. The van der Waals surface area contributed by atoms with Crippen LogP contribution in [0.25, 0.3) is 0 Å². The maximum Gasteiger partial charge on any atom is 0.351 e. The lowest BCUT2D eigenvalue weighted by molar-refractivity contribution is -0.155. The fourth-order valence-corrected chi connectivity index (χ4v) is 2.93. The molecular weight excluding hydrogens is 410 g/mol. The molecule has 2 N–H and O–H groups in total. The molecule has 0 aromatic carbocycles. The maximum absolute atomic E-state index is 12.0. The molecule has 9 nitrogen and oxygen atoms in total. The number of rotatable bonds is 4. The number of nitrogen functional groups attached to an aromatic ring is 1. The average Bonchev–Trinajstić information content (AvgIpc) is 2.77. The number of hydrogen-bond acceptors (Lipinski definition) is 8. The molecule has 0 saturated carbocycles. The molecule has 2 rings (SSSR count). The van der Waals surface area contributed by atoms with Crippen molar-refractivity contribution in [3.8, 4) is 0 Å². The second-order valence-electron chi connectivity index (χ2n) is 5.05. The van der Waals surface area contributed by atoms with Crippen molar-refractivity contribution in [1.82, 2.24) is 9.55 Å². The Balaban J connectivity index is 2.31. The number of nitrogens with two attached hydrogens (primary N) is 1. The van der Waals surface area contributed by atoms with E-state index in [1.165, 1.54) is 20.0 Å². The van der Waals surface area contributed by atoms with E-state index in [0.29, 0.717) is 4.47 Å². The fourth-order valence-electron chi connectivity index (χ4n) is 2.22. The van der Waals surface area contributed by atoms with E-state index in [0.717, 1.165) is 4.57 Å². The summed E-state index contributed by atoms with van der Waals surface area (Å²) in [4.78, 5) is 38.0. The van der Waals surface area contributed by atoms with Crippen molar-refractivity contribution in [2.24, 2.45) is 0 Å². The minimum Gasteiger partial charge on any atom is -0.463 e. The first-order chi connectivity index (χ1) is 11.2. The molecule has 11 heteroatoms. The molecule has 1 aliphatic heterocycles. The normalized spacial score (nSPS) is 26.2. The van der Waals surface area contributed by atoms with Gasteiger partial charge in [-0.2, -0.15) is 4.98 Å². The molecule has 4 atom stereocenters. The second-order valence-corrected chi connectivity index (χ2v) is 6.41. The summed E-state index contributed by atoms with van der Waals surface area (Å²) in [5.41, 5.74) is 4.87. The van der Waals surface area contributed by atoms with E-state index in [1.807, 2.05) is 0 Å². The van der Waals surface area contributed by atoms with Gasteiger partial charge in [-0.1, -0.05) is 0 Å². The third kappa shape index (κ3) is 4.05. The van der Waals surface area contributed by atoms with Crippen LogP contribution in [0.3, 0.4) is 0 Å². The van der Waals surface area contributed by atoms with Crippen LogP contribution in [0.4, 0.5) is 5.82 Å². The Bertz CT molecular complexity index is 711. The molecule has 132 valence electrons. The molecule has 0 unspecified atom stereocenters. The van der Waals surface area contributed by atoms with Crippen LogP contribution in [0.1, 0.15) is 20.1 Å². The number of carbonyl (C=O) groups excluding carboxylic acids is 2. The van der Waals surface area contributed by atoms with Crippen molar-refractivity contribution < 1.29 is 23.8 Å². The standard InChI is InChI=1S/C13H15BrClN3O6/c1-5(19)22-4-8-10(23-6(2)20)9(15)12(24-8)18-3-7(14)11(16)17-13(18)21/h3,8-10,12H,4H2,1-2H3,(H2,16,17,21)/t8-,9+,10-,12-/m1/s1. The van der Waals surface area contributed by atoms with Gasteiger partial charge in [0.2, 0.25) is 0 Å². The number of halogens is 2. The molecule has 24 heavy (non-hydrogen) atoms. The van der Waals surface area contributed by atoms with E-state index in [-0.39, 0.29) is 12.4 Å². The van der Waals surface area contributed by atoms with Crippen molar-refractivity contribution in [2.45, 2.75) is 37.7 Å². The van der Waals surface area contributed by atoms with E-state index < -0.39 is 41.4 Å². The van der Waals surface area contributed by atoms with E-state index in [9.17, 15) is 14.4 Å². The number of anilines is 1. The van der Waals surface area contributed by atoms with Gasteiger partial charge in [-0.05, 0) is 15.9 Å². The molecule has 2 heterocycles. The molecular formula is C13H15BrClN3O6. The Hall–Kier alpha value is -1.65. The monoisotopic (exact) mass is 423 g/mol. The van der Waals surface area contributed by atoms with Crippen LogP contribution in [0.2, 0.25) is 0 Å². The summed E-state index contributed by atoms with van der Waals surface area (Å²) in [5.74, 6) is -1.08. The predicted molar refractivity (Wildman–Crippen MR) is 86.3 cm³/mol. The predicted octanol–water partition coefficient (Wildman–Crippen LogP) is 0.588. The van der Waals surface area contributed by atoms with Gasteiger partial charge in [-0.25, -0.2) is 4.79 Å². The molecule has 0 amide bonds. The van der Waals surface area contributed by atoms with Gasteiger partial charge in [-0.3, -0.25) is 14.2 Å². The number of aromatic nitrogens is 2. The summed E-state index contributed by atoms with van der Waals surface area (Å²) >= 11 is 9.49. The molecule has 0 radical (unpaired) electrons. The van der Waals surface area contributed by atoms with E-state index >= 15 is 0 Å². The minimum atomic E-state index is -0.978. The van der Waals surface area contributed by atoms with Crippen LogP contribution in [-0.2, 0) is 23.8 Å². The molecule has 0 aliphatic carbocycles. The van der Waals surface area contributed by atoms with E-state index in [1.54, 1.807) is 0 Å². The Morgan fingerprint density at radius 3 is 2.71 bits per heavy atom. The molecule has 1 aliphatic rings. The number of nitrogens with zero attached hydrogens (tertiary/aromatic N) is 2. The van der Waals surface area contributed by atoms with Crippen LogP contribution < -0.4 is 11.4 Å². The lowest BCUT2D eigenvalue weighted by Crippen LogP contribution is -2.36. The topological polar surface area (TPSA) is 123 Å². The highest BCUT2D eigenvalue weighted by Gasteiger charge is 2.47. The summed E-state index contributed by atoms with van der Waals surface area (Å²) in [6.45, 7) is 2.27. The number of ether oxygens (including phenoxy) is 3. The van der Waals surface area contributed by atoms with Crippen molar-refractivity contribution in [3.05, 3.63) is 21.2 Å². The maximum atomic E-state index is 12.0. The van der Waals surface area contributed by atoms with Gasteiger partial charge in [0.25, 0.3) is 0 Å². The Labute approximate surface area is 150 Å². The van der Waals surface area contributed by atoms with Gasteiger partial charge < -0.3 is 19.9 Å². The highest BCUT2D eigenvalue weighted by Crippen LogP contribution is 2.35. The van der Waals surface area contributed by atoms with Crippen LogP contribution in [0.15, 0.2) is 15.5 Å². The van der Waals surface area contributed by atoms with Gasteiger partial charge in [0.1, 0.15) is 23.9 Å². The summed E-state index contributed by atoms with van der Waals surface area (Å²) in [6, 6.07) is 0. The van der Waals surface area contributed by atoms with Gasteiger partial charge in [0.15, 0.2) is 12.3 Å². The van der Waals surface area contributed by atoms with Gasteiger partial charge >= 0.3 is 17.6 Å².